The molecule has 0 bridgehead atoms. The minimum Gasteiger partial charge on any atom is -0.481 e. The number of hydrogen-bond acceptors (Lipinski definition) is 5. The number of ether oxygens (including phenoxy) is 1. The lowest BCUT2D eigenvalue weighted by Gasteiger charge is -2.54. The minimum absolute atomic E-state index is 0.182. The highest BCUT2D eigenvalue weighted by atomic mass is 16.5. The van der Waals surface area contributed by atoms with E-state index in [2.05, 4.69) is 45.8 Å². The van der Waals surface area contributed by atoms with Gasteiger partial charge < -0.3 is 9.64 Å². The number of aryl methyl sites for hydroxylation is 1. The Morgan fingerprint density at radius 2 is 1.95 bits per heavy atom. The second-order valence-electron chi connectivity index (χ2n) is 6.15. The summed E-state index contributed by atoms with van der Waals surface area (Å²) < 4.78 is 5.26. The molecule has 0 spiro atoms. The first-order valence-corrected chi connectivity index (χ1v) is 7.07. The third-order valence-electron chi connectivity index (χ3n) is 3.94. The second-order valence-corrected chi connectivity index (χ2v) is 6.15. The zero-order valence-corrected chi connectivity index (χ0v) is 12.9. The zero-order valence-electron chi connectivity index (χ0n) is 12.9. The lowest BCUT2D eigenvalue weighted by Crippen LogP contribution is -2.56. The molecule has 1 aliphatic rings. The van der Waals surface area contributed by atoms with E-state index in [9.17, 15) is 0 Å². The van der Waals surface area contributed by atoms with Crippen molar-refractivity contribution in [3.8, 4) is 5.88 Å². The maximum absolute atomic E-state index is 5.26. The van der Waals surface area contributed by atoms with E-state index in [0.29, 0.717) is 5.88 Å². The van der Waals surface area contributed by atoms with Crippen molar-refractivity contribution in [2.24, 2.45) is 5.41 Å². The molecule has 1 fully saturated rings. The molecule has 0 N–H and O–H groups in total. The Balaban J connectivity index is 1.98. The van der Waals surface area contributed by atoms with Crippen LogP contribution in [0.5, 0.6) is 5.88 Å². The van der Waals surface area contributed by atoms with Crippen LogP contribution in [0.1, 0.15) is 31.1 Å². The van der Waals surface area contributed by atoms with Crippen molar-refractivity contribution >= 4 is 5.95 Å². The van der Waals surface area contributed by atoms with E-state index >= 15 is 0 Å². The molecular weight excluding hydrogens is 264 g/mol. The van der Waals surface area contributed by atoms with Gasteiger partial charge in [0.25, 0.3) is 0 Å². The van der Waals surface area contributed by atoms with Crippen LogP contribution < -0.4 is 9.64 Å². The van der Waals surface area contributed by atoms with Gasteiger partial charge in [0.1, 0.15) is 0 Å². The molecule has 3 rings (SSSR count). The van der Waals surface area contributed by atoms with E-state index in [1.165, 1.54) is 5.56 Å². The summed E-state index contributed by atoms with van der Waals surface area (Å²) in [5.74, 6) is 1.34. The number of hydrogen-bond donors (Lipinski definition) is 0. The van der Waals surface area contributed by atoms with Crippen LogP contribution >= 0.6 is 0 Å². The maximum atomic E-state index is 5.26. The topological polar surface area (TPSA) is 51.1 Å². The number of anilines is 1. The van der Waals surface area contributed by atoms with Gasteiger partial charge >= 0.3 is 0 Å². The van der Waals surface area contributed by atoms with Crippen LogP contribution in [0.15, 0.2) is 30.6 Å². The molecule has 1 aliphatic heterocycles. The third-order valence-corrected chi connectivity index (χ3v) is 3.94. The first-order valence-electron chi connectivity index (χ1n) is 7.07. The van der Waals surface area contributed by atoms with Crippen LogP contribution in [0.2, 0.25) is 0 Å². The molecule has 1 unspecified atom stereocenters. The molecular formula is C16H20N4O. The molecule has 0 radical (unpaired) electrons. The Hall–Kier alpha value is -2.17. The van der Waals surface area contributed by atoms with Gasteiger partial charge in [-0.15, -0.1) is 0 Å². The quantitative estimate of drug-likeness (QED) is 0.867. The highest BCUT2D eigenvalue weighted by molar-refractivity contribution is 5.45. The molecule has 0 aliphatic carbocycles. The highest BCUT2D eigenvalue weighted by Gasteiger charge is 2.47. The van der Waals surface area contributed by atoms with Gasteiger partial charge in [0, 0.05) is 36.1 Å². The molecule has 5 heteroatoms. The Morgan fingerprint density at radius 1 is 1.24 bits per heavy atom. The molecule has 5 nitrogen and oxygen atoms in total. The van der Waals surface area contributed by atoms with Gasteiger partial charge in [-0.1, -0.05) is 13.8 Å². The van der Waals surface area contributed by atoms with Crippen LogP contribution in [0, 0.1) is 12.3 Å². The summed E-state index contributed by atoms with van der Waals surface area (Å²) in [7, 11) is 1.63. The average molecular weight is 284 g/mol. The number of aromatic nitrogens is 3. The molecule has 21 heavy (non-hydrogen) atoms. The van der Waals surface area contributed by atoms with Crippen molar-refractivity contribution in [2.75, 3.05) is 18.6 Å². The first kappa shape index (κ1) is 13.8. The first-order chi connectivity index (χ1) is 10.0. The van der Waals surface area contributed by atoms with Crippen molar-refractivity contribution in [1.82, 2.24) is 15.0 Å². The van der Waals surface area contributed by atoms with Gasteiger partial charge in [0.05, 0.1) is 13.2 Å². The molecule has 0 amide bonds. The van der Waals surface area contributed by atoms with Crippen molar-refractivity contribution in [2.45, 2.75) is 26.8 Å². The van der Waals surface area contributed by atoms with Crippen molar-refractivity contribution in [1.29, 1.82) is 0 Å². The second kappa shape index (κ2) is 4.98. The Morgan fingerprint density at radius 3 is 2.57 bits per heavy atom. The lowest BCUT2D eigenvalue weighted by atomic mass is 9.72. The Kier molecular flexibility index (Phi) is 3.27. The number of pyridine rings is 1. The van der Waals surface area contributed by atoms with Gasteiger partial charge in [-0.3, -0.25) is 4.98 Å². The summed E-state index contributed by atoms with van der Waals surface area (Å²) in [6.45, 7) is 7.41. The molecule has 0 aromatic carbocycles. The summed E-state index contributed by atoms with van der Waals surface area (Å²) in [6.07, 6.45) is 3.67. The van der Waals surface area contributed by atoms with Crippen LogP contribution in [-0.2, 0) is 0 Å². The standard InChI is InChI=1S/C16H20N4O/c1-11-9-13(21-4)19-15(18-11)20-10-16(2,3)14(20)12-5-7-17-8-6-12/h5-9,14H,10H2,1-4H3. The summed E-state index contributed by atoms with van der Waals surface area (Å²) in [4.78, 5) is 15.4. The molecule has 2 aromatic rings. The highest BCUT2D eigenvalue weighted by Crippen LogP contribution is 2.49. The summed E-state index contributed by atoms with van der Waals surface area (Å²) >= 11 is 0. The largest absolute Gasteiger partial charge is 0.481 e. The van der Waals surface area contributed by atoms with Crippen molar-refractivity contribution in [3.05, 3.63) is 41.9 Å². The van der Waals surface area contributed by atoms with Gasteiger partial charge in [0.15, 0.2) is 0 Å². The number of methoxy groups -OCH3 is 1. The molecule has 1 atom stereocenters. The summed E-state index contributed by atoms with van der Waals surface area (Å²) in [6, 6.07) is 6.22. The molecule has 1 saturated heterocycles. The van der Waals surface area contributed by atoms with E-state index < -0.39 is 0 Å². The average Bonchev–Trinajstić information content (AvgIpc) is 2.45. The fourth-order valence-electron chi connectivity index (χ4n) is 3.05. The van der Waals surface area contributed by atoms with Gasteiger partial charge in [-0.05, 0) is 24.6 Å². The molecule has 2 aromatic heterocycles. The fraction of sp³-hybridized carbons (Fsp3) is 0.438. The molecule has 0 saturated carbocycles. The van der Waals surface area contributed by atoms with Gasteiger partial charge in [0.2, 0.25) is 11.8 Å². The van der Waals surface area contributed by atoms with Crippen LogP contribution in [0.25, 0.3) is 0 Å². The summed E-state index contributed by atoms with van der Waals surface area (Å²) in [5, 5.41) is 0. The Labute approximate surface area is 125 Å². The maximum Gasteiger partial charge on any atom is 0.229 e. The SMILES string of the molecule is COc1cc(C)nc(N2CC(C)(C)C2c2ccncc2)n1. The van der Waals surface area contributed by atoms with E-state index in [4.69, 9.17) is 4.74 Å². The fourth-order valence-corrected chi connectivity index (χ4v) is 3.05. The number of rotatable bonds is 3. The van der Waals surface area contributed by atoms with Crippen LogP contribution in [-0.4, -0.2) is 28.6 Å². The van der Waals surface area contributed by atoms with Crippen molar-refractivity contribution in [3.63, 3.8) is 0 Å². The minimum atomic E-state index is 0.182. The molecule has 110 valence electrons. The monoisotopic (exact) mass is 284 g/mol. The predicted octanol–water partition coefficient (Wildman–Crippen LogP) is 2.78. The summed E-state index contributed by atoms with van der Waals surface area (Å²) in [5.41, 5.74) is 2.34. The van der Waals surface area contributed by atoms with Gasteiger partial charge in [-0.25, -0.2) is 4.98 Å². The number of nitrogens with zero attached hydrogens (tertiary/aromatic N) is 4. The van der Waals surface area contributed by atoms with E-state index in [-0.39, 0.29) is 11.5 Å². The van der Waals surface area contributed by atoms with E-state index in [0.717, 1.165) is 18.2 Å². The van der Waals surface area contributed by atoms with E-state index in [1.807, 2.05) is 25.4 Å². The smallest absolute Gasteiger partial charge is 0.229 e. The lowest BCUT2D eigenvalue weighted by molar-refractivity contribution is 0.176. The predicted molar refractivity (Wildman–Crippen MR) is 81.4 cm³/mol. The van der Waals surface area contributed by atoms with Crippen molar-refractivity contribution < 1.29 is 4.74 Å². The normalized spacial score (nSPS) is 20.0. The van der Waals surface area contributed by atoms with Crippen LogP contribution in [0.3, 0.4) is 0 Å². The zero-order chi connectivity index (χ0) is 15.0. The molecule has 3 heterocycles. The van der Waals surface area contributed by atoms with E-state index in [1.54, 1.807) is 7.11 Å². The van der Waals surface area contributed by atoms with Crippen LogP contribution in [0.4, 0.5) is 5.95 Å². The van der Waals surface area contributed by atoms with Gasteiger partial charge in [-0.2, -0.15) is 4.98 Å². The Bertz CT molecular complexity index is 642. The third kappa shape index (κ3) is 2.44.